The highest BCUT2D eigenvalue weighted by Crippen LogP contribution is 2.22. The normalized spacial score (nSPS) is 10.7. The number of hydrogen-bond acceptors (Lipinski definition) is 3. The molecule has 0 atom stereocenters. The summed E-state index contributed by atoms with van der Waals surface area (Å²) < 4.78 is 2.69. The number of nitrogens with zero attached hydrogens (tertiary/aromatic N) is 2. The Kier molecular flexibility index (Phi) is 2.97. The van der Waals surface area contributed by atoms with Gasteiger partial charge in [0.15, 0.2) is 4.77 Å². The topological polar surface area (TPSA) is 44.5 Å². The molecule has 94 valence electrons. The Morgan fingerprint density at radius 1 is 1.37 bits per heavy atom. The zero-order chi connectivity index (χ0) is 13.4. The summed E-state index contributed by atoms with van der Waals surface area (Å²) in [5.74, 6) is 0. The zero-order valence-corrected chi connectivity index (χ0v) is 11.9. The number of nitrogens with one attached hydrogen (secondary N) is 1. The maximum absolute atomic E-state index is 9.12. The van der Waals surface area contributed by atoms with E-state index in [0.717, 1.165) is 17.6 Å². The van der Waals surface area contributed by atoms with Gasteiger partial charge in [0.1, 0.15) is 6.07 Å². The molecule has 0 amide bonds. The van der Waals surface area contributed by atoms with E-state index in [0.29, 0.717) is 10.3 Å². The Morgan fingerprint density at radius 3 is 2.89 bits per heavy atom. The molecule has 3 aromatic rings. The number of thiophene rings is 1. The second kappa shape index (κ2) is 4.65. The predicted octanol–water partition coefficient (Wildman–Crippen LogP) is 3.99. The first-order valence-corrected chi connectivity index (χ1v) is 7.08. The number of H-pyrrole nitrogens is 1. The van der Waals surface area contributed by atoms with Crippen LogP contribution in [-0.4, -0.2) is 9.55 Å². The summed E-state index contributed by atoms with van der Waals surface area (Å²) in [5, 5.41) is 9.12. The molecule has 0 fully saturated rings. The van der Waals surface area contributed by atoms with E-state index in [1.165, 1.54) is 9.75 Å². The lowest BCUT2D eigenvalue weighted by Gasteiger charge is -2.02. The van der Waals surface area contributed by atoms with E-state index in [1.54, 1.807) is 17.4 Å². The minimum Gasteiger partial charge on any atom is -0.329 e. The van der Waals surface area contributed by atoms with Gasteiger partial charge in [-0.15, -0.1) is 11.3 Å². The number of imidazole rings is 1. The first-order chi connectivity index (χ1) is 9.19. The molecular formula is C14H11N3S2. The molecule has 3 rings (SSSR count). The van der Waals surface area contributed by atoms with Gasteiger partial charge in [-0.3, -0.25) is 0 Å². The molecule has 2 aromatic heterocycles. The van der Waals surface area contributed by atoms with Gasteiger partial charge in [-0.05, 0) is 43.4 Å². The van der Waals surface area contributed by atoms with Crippen LogP contribution in [0.1, 0.15) is 15.3 Å². The van der Waals surface area contributed by atoms with Gasteiger partial charge in [0, 0.05) is 9.75 Å². The van der Waals surface area contributed by atoms with Crippen LogP contribution in [0.2, 0.25) is 0 Å². The molecule has 2 heterocycles. The van der Waals surface area contributed by atoms with Gasteiger partial charge in [-0.1, -0.05) is 6.07 Å². The molecule has 0 unspecified atom stereocenters. The van der Waals surface area contributed by atoms with Crippen LogP contribution in [0.5, 0.6) is 0 Å². The molecule has 0 aliphatic rings. The van der Waals surface area contributed by atoms with Gasteiger partial charge in [-0.2, -0.15) is 5.26 Å². The Balaban J connectivity index is 2.17. The van der Waals surface area contributed by atoms with E-state index in [9.17, 15) is 0 Å². The number of hydrogen-bond donors (Lipinski definition) is 1. The summed E-state index contributed by atoms with van der Waals surface area (Å²) in [6.07, 6.45) is 0. The molecule has 3 nitrogen and oxygen atoms in total. The van der Waals surface area contributed by atoms with Crippen molar-refractivity contribution in [1.82, 2.24) is 9.55 Å². The third-order valence-corrected chi connectivity index (χ3v) is 4.35. The maximum atomic E-state index is 9.12. The Morgan fingerprint density at radius 2 is 2.21 bits per heavy atom. The lowest BCUT2D eigenvalue weighted by atomic mass is 10.2. The third kappa shape index (κ3) is 2.09. The number of fused-ring (bicyclic) bond motifs is 1. The Labute approximate surface area is 119 Å². The number of aromatic nitrogens is 2. The fourth-order valence-electron chi connectivity index (χ4n) is 2.16. The van der Waals surface area contributed by atoms with E-state index in [2.05, 4.69) is 30.1 Å². The summed E-state index contributed by atoms with van der Waals surface area (Å²) in [6.45, 7) is 2.84. The number of nitriles is 1. The predicted molar refractivity (Wildman–Crippen MR) is 80.0 cm³/mol. The number of benzene rings is 1. The van der Waals surface area contributed by atoms with Crippen LogP contribution in [0.3, 0.4) is 0 Å². The smallest absolute Gasteiger partial charge is 0.178 e. The average molecular weight is 285 g/mol. The van der Waals surface area contributed by atoms with Crippen LogP contribution >= 0.6 is 23.6 Å². The van der Waals surface area contributed by atoms with Crippen molar-refractivity contribution < 1.29 is 0 Å². The van der Waals surface area contributed by atoms with Gasteiger partial charge in [0.2, 0.25) is 0 Å². The van der Waals surface area contributed by atoms with Crippen LogP contribution in [0.15, 0.2) is 30.3 Å². The van der Waals surface area contributed by atoms with Crippen LogP contribution in [0.25, 0.3) is 11.0 Å². The number of para-hydroxylation sites is 1. The molecule has 0 saturated heterocycles. The average Bonchev–Trinajstić information content (AvgIpc) is 2.94. The van der Waals surface area contributed by atoms with Crippen LogP contribution in [0.4, 0.5) is 0 Å². The highest BCUT2D eigenvalue weighted by molar-refractivity contribution is 7.71. The summed E-state index contributed by atoms with van der Waals surface area (Å²) >= 11 is 7.14. The van der Waals surface area contributed by atoms with Crippen molar-refractivity contribution >= 4 is 34.6 Å². The van der Waals surface area contributed by atoms with E-state index in [1.807, 2.05) is 16.7 Å². The van der Waals surface area contributed by atoms with Gasteiger partial charge < -0.3 is 9.55 Å². The second-order valence-corrected chi connectivity index (χ2v) is 6.10. The Bertz CT molecular complexity index is 846. The van der Waals surface area contributed by atoms with Gasteiger partial charge in [-0.25, -0.2) is 0 Å². The molecule has 1 N–H and O–H groups in total. The highest BCUT2D eigenvalue weighted by Gasteiger charge is 2.09. The molecule has 0 radical (unpaired) electrons. The standard InChI is InChI=1S/C14H11N3S2/c1-9-5-6-11(19-9)8-17-12-4-2-3-10(7-15)13(12)16-14(17)18/h2-6H,8H2,1H3,(H,16,18). The first-order valence-electron chi connectivity index (χ1n) is 5.86. The van der Waals surface area contributed by atoms with E-state index in [-0.39, 0.29) is 0 Å². The van der Waals surface area contributed by atoms with E-state index >= 15 is 0 Å². The molecule has 0 bridgehead atoms. The molecular weight excluding hydrogens is 274 g/mol. The van der Waals surface area contributed by atoms with Crippen LogP contribution in [-0.2, 0) is 6.54 Å². The molecule has 5 heteroatoms. The zero-order valence-electron chi connectivity index (χ0n) is 10.3. The number of aryl methyl sites for hydroxylation is 1. The van der Waals surface area contributed by atoms with Crippen molar-refractivity contribution in [3.05, 3.63) is 50.4 Å². The van der Waals surface area contributed by atoms with Gasteiger partial charge in [0.25, 0.3) is 0 Å². The molecule has 0 aliphatic carbocycles. The SMILES string of the molecule is Cc1ccc(Cn2c(=S)[nH]c3c(C#N)cccc32)s1. The van der Waals surface area contributed by atoms with Gasteiger partial charge >= 0.3 is 0 Å². The van der Waals surface area contributed by atoms with Crippen LogP contribution < -0.4 is 0 Å². The quantitative estimate of drug-likeness (QED) is 0.724. The summed E-state index contributed by atoms with van der Waals surface area (Å²) in [5.41, 5.74) is 2.43. The molecule has 0 aliphatic heterocycles. The maximum Gasteiger partial charge on any atom is 0.178 e. The number of aromatic amines is 1. The molecule has 0 saturated carbocycles. The lowest BCUT2D eigenvalue weighted by molar-refractivity contribution is 0.823. The second-order valence-electron chi connectivity index (χ2n) is 4.34. The van der Waals surface area contributed by atoms with Crippen LogP contribution in [0, 0.1) is 23.0 Å². The first kappa shape index (κ1) is 12.2. The van der Waals surface area contributed by atoms with E-state index in [4.69, 9.17) is 17.5 Å². The van der Waals surface area contributed by atoms with Gasteiger partial charge in [0.05, 0.1) is 23.1 Å². The minimum atomic E-state index is 0.629. The van der Waals surface area contributed by atoms with Crippen molar-refractivity contribution in [2.24, 2.45) is 0 Å². The van der Waals surface area contributed by atoms with E-state index < -0.39 is 0 Å². The number of rotatable bonds is 2. The summed E-state index contributed by atoms with van der Waals surface area (Å²) in [6, 6.07) is 12.1. The molecule has 0 spiro atoms. The van der Waals surface area contributed by atoms with Crippen molar-refractivity contribution in [2.45, 2.75) is 13.5 Å². The summed E-state index contributed by atoms with van der Waals surface area (Å²) in [7, 11) is 0. The lowest BCUT2D eigenvalue weighted by Crippen LogP contribution is -1.97. The fraction of sp³-hybridized carbons (Fsp3) is 0.143. The minimum absolute atomic E-state index is 0.629. The fourth-order valence-corrected chi connectivity index (χ4v) is 3.30. The third-order valence-electron chi connectivity index (χ3n) is 3.04. The largest absolute Gasteiger partial charge is 0.329 e. The van der Waals surface area contributed by atoms with Crippen molar-refractivity contribution in [3.63, 3.8) is 0 Å². The van der Waals surface area contributed by atoms with Crippen molar-refractivity contribution in [1.29, 1.82) is 5.26 Å². The molecule has 1 aromatic carbocycles. The molecule has 19 heavy (non-hydrogen) atoms. The monoisotopic (exact) mass is 285 g/mol. The summed E-state index contributed by atoms with van der Waals surface area (Å²) in [4.78, 5) is 5.69. The van der Waals surface area contributed by atoms with Crippen molar-refractivity contribution in [3.8, 4) is 6.07 Å². The highest BCUT2D eigenvalue weighted by atomic mass is 32.1. The Hall–Kier alpha value is -1.90. The van der Waals surface area contributed by atoms with Crippen molar-refractivity contribution in [2.75, 3.05) is 0 Å².